The molecule has 0 aromatic heterocycles. The number of hydrogen-bond acceptors (Lipinski definition) is 2. The Bertz CT molecular complexity index is 730. The summed E-state index contributed by atoms with van der Waals surface area (Å²) in [5, 5.41) is 10.6. The number of likely N-dealkylation sites (tertiary alicyclic amines) is 1. The highest BCUT2D eigenvalue weighted by molar-refractivity contribution is 5.23. The molecule has 0 bridgehead atoms. The fourth-order valence-corrected chi connectivity index (χ4v) is 6.03. The van der Waals surface area contributed by atoms with E-state index >= 15 is 0 Å². The molecule has 164 valence electrons. The Kier molecular flexibility index (Phi) is 7.84. The molecule has 0 unspecified atom stereocenters. The van der Waals surface area contributed by atoms with E-state index in [1.165, 1.54) is 75.7 Å². The molecule has 2 heteroatoms. The van der Waals surface area contributed by atoms with Crippen molar-refractivity contribution < 1.29 is 5.11 Å². The van der Waals surface area contributed by atoms with E-state index in [4.69, 9.17) is 0 Å². The summed E-state index contributed by atoms with van der Waals surface area (Å²) in [5.41, 5.74) is 4.43. The number of aliphatic hydroxyl groups is 1. The first-order valence-corrected chi connectivity index (χ1v) is 12.5. The Morgan fingerprint density at radius 1 is 1.10 bits per heavy atom. The van der Waals surface area contributed by atoms with Crippen molar-refractivity contribution in [2.24, 2.45) is 17.8 Å². The van der Waals surface area contributed by atoms with Crippen LogP contribution < -0.4 is 0 Å². The van der Waals surface area contributed by atoms with Crippen LogP contribution in [0.25, 0.3) is 0 Å². The first kappa shape index (κ1) is 21.8. The summed E-state index contributed by atoms with van der Waals surface area (Å²) in [6, 6.07) is 8.82. The third-order valence-electron chi connectivity index (χ3n) is 7.66. The van der Waals surface area contributed by atoms with E-state index in [1.807, 2.05) is 0 Å². The van der Waals surface area contributed by atoms with Gasteiger partial charge in [-0.15, -0.1) is 0 Å². The smallest absolute Gasteiger partial charge is 0.0611 e. The lowest BCUT2D eigenvalue weighted by molar-refractivity contribution is 0.141. The summed E-state index contributed by atoms with van der Waals surface area (Å²) < 4.78 is 0. The highest BCUT2D eigenvalue weighted by Crippen LogP contribution is 2.48. The standard InChI is InChI=1S/C28H41NO/c1-22-10-9-13-23(18-22)11-4-5-14-26-27-20-24(19-25(27)21-28(26)30)12-3-2-6-15-29-16-7-8-17-29/h5,9-10,13-14,18-19,25-28,30H,2-4,6-8,11-12,15-17,20-21H2,1H3/b14-5+/t25-,26+,27-,28+/m0/s1. The van der Waals surface area contributed by atoms with E-state index in [2.05, 4.69) is 54.3 Å². The van der Waals surface area contributed by atoms with E-state index in [0.717, 1.165) is 19.3 Å². The van der Waals surface area contributed by atoms with E-state index in [0.29, 0.717) is 17.8 Å². The molecule has 30 heavy (non-hydrogen) atoms. The van der Waals surface area contributed by atoms with Crippen LogP contribution >= 0.6 is 0 Å². The number of nitrogens with zero attached hydrogens (tertiary/aromatic N) is 1. The van der Waals surface area contributed by atoms with Gasteiger partial charge >= 0.3 is 0 Å². The normalized spacial score (nSPS) is 29.1. The summed E-state index contributed by atoms with van der Waals surface area (Å²) in [7, 11) is 0. The van der Waals surface area contributed by atoms with Gasteiger partial charge in [0.15, 0.2) is 0 Å². The van der Waals surface area contributed by atoms with Crippen LogP contribution in [0.15, 0.2) is 48.1 Å². The fourth-order valence-electron chi connectivity index (χ4n) is 6.03. The van der Waals surface area contributed by atoms with Crippen LogP contribution in [0.5, 0.6) is 0 Å². The molecule has 1 saturated carbocycles. The van der Waals surface area contributed by atoms with Gasteiger partial charge in [0.1, 0.15) is 0 Å². The minimum Gasteiger partial charge on any atom is -0.392 e. The largest absolute Gasteiger partial charge is 0.392 e. The minimum atomic E-state index is -0.145. The van der Waals surface area contributed by atoms with Crippen LogP contribution in [0.1, 0.15) is 68.9 Å². The first-order chi connectivity index (χ1) is 14.7. The number of allylic oxidation sites excluding steroid dienone is 3. The van der Waals surface area contributed by atoms with Crippen molar-refractivity contribution in [3.8, 4) is 0 Å². The highest BCUT2D eigenvalue weighted by atomic mass is 16.3. The maximum Gasteiger partial charge on any atom is 0.0611 e. The van der Waals surface area contributed by atoms with Gasteiger partial charge in [0.2, 0.25) is 0 Å². The van der Waals surface area contributed by atoms with Gasteiger partial charge in [-0.2, -0.15) is 0 Å². The van der Waals surface area contributed by atoms with Gasteiger partial charge in [-0.1, -0.05) is 60.1 Å². The Morgan fingerprint density at radius 2 is 1.97 bits per heavy atom. The zero-order valence-electron chi connectivity index (χ0n) is 18.9. The maximum atomic E-state index is 10.6. The van der Waals surface area contributed by atoms with Gasteiger partial charge in [0.05, 0.1) is 6.10 Å². The number of unbranched alkanes of at least 4 members (excludes halogenated alkanes) is 2. The fraction of sp³-hybridized carbons (Fsp3) is 0.643. The second-order valence-electron chi connectivity index (χ2n) is 10.1. The third-order valence-corrected chi connectivity index (χ3v) is 7.66. The number of hydrogen-bond donors (Lipinski definition) is 1. The van der Waals surface area contributed by atoms with Crippen molar-refractivity contribution in [2.45, 2.75) is 77.2 Å². The number of aryl methyl sites for hydroxylation is 2. The van der Waals surface area contributed by atoms with Gasteiger partial charge in [0.25, 0.3) is 0 Å². The second kappa shape index (κ2) is 10.8. The summed E-state index contributed by atoms with van der Waals surface area (Å²) in [4.78, 5) is 2.64. The van der Waals surface area contributed by atoms with Crippen LogP contribution in [0.4, 0.5) is 0 Å². The lowest BCUT2D eigenvalue weighted by Crippen LogP contribution is -2.20. The van der Waals surface area contributed by atoms with Gasteiger partial charge in [0, 0.05) is 5.92 Å². The average molecular weight is 408 g/mol. The molecule has 2 nitrogen and oxygen atoms in total. The molecule has 2 fully saturated rings. The van der Waals surface area contributed by atoms with Crippen molar-refractivity contribution in [3.05, 3.63) is 59.2 Å². The molecule has 1 aromatic carbocycles. The number of fused-ring (bicyclic) bond motifs is 1. The Labute approximate surface area is 184 Å². The predicted molar refractivity (Wildman–Crippen MR) is 127 cm³/mol. The molecule has 1 aromatic rings. The van der Waals surface area contributed by atoms with Gasteiger partial charge in [-0.25, -0.2) is 0 Å². The monoisotopic (exact) mass is 407 g/mol. The van der Waals surface area contributed by atoms with Crippen LogP contribution in [0.2, 0.25) is 0 Å². The molecule has 4 rings (SSSR count). The van der Waals surface area contributed by atoms with Gasteiger partial charge in [-0.05, 0) is 102 Å². The molecule has 0 radical (unpaired) electrons. The molecule has 0 spiro atoms. The van der Waals surface area contributed by atoms with E-state index in [9.17, 15) is 5.11 Å². The molecular weight excluding hydrogens is 366 g/mol. The quantitative estimate of drug-likeness (QED) is 0.375. The second-order valence-corrected chi connectivity index (χ2v) is 10.1. The zero-order valence-corrected chi connectivity index (χ0v) is 18.9. The van der Waals surface area contributed by atoms with Crippen LogP contribution in [0, 0.1) is 24.7 Å². The summed E-state index contributed by atoms with van der Waals surface area (Å²) in [6.07, 6.45) is 19.6. The zero-order chi connectivity index (χ0) is 20.8. The lowest BCUT2D eigenvalue weighted by Gasteiger charge is -2.18. The molecule has 1 N–H and O–H groups in total. The number of rotatable bonds is 10. The molecule has 2 aliphatic carbocycles. The van der Waals surface area contributed by atoms with Crippen LogP contribution in [-0.4, -0.2) is 35.7 Å². The molecular formula is C28H41NO. The van der Waals surface area contributed by atoms with Crippen molar-refractivity contribution in [3.63, 3.8) is 0 Å². The first-order valence-electron chi connectivity index (χ1n) is 12.5. The van der Waals surface area contributed by atoms with Crippen molar-refractivity contribution in [2.75, 3.05) is 19.6 Å². The Balaban J connectivity index is 1.17. The van der Waals surface area contributed by atoms with E-state index < -0.39 is 0 Å². The topological polar surface area (TPSA) is 23.5 Å². The van der Waals surface area contributed by atoms with E-state index in [1.54, 1.807) is 5.57 Å². The summed E-state index contributed by atoms with van der Waals surface area (Å²) in [6.45, 7) is 6.13. The molecule has 1 saturated heterocycles. The van der Waals surface area contributed by atoms with E-state index in [-0.39, 0.29) is 6.10 Å². The SMILES string of the molecule is Cc1cccc(CC/C=C/[C@@H]2[C@H]3CC(CCCCCN4CCCC4)=C[C@H]3C[C@H]2O)c1. The summed E-state index contributed by atoms with van der Waals surface area (Å²) >= 11 is 0. The van der Waals surface area contributed by atoms with Crippen molar-refractivity contribution in [1.29, 1.82) is 0 Å². The van der Waals surface area contributed by atoms with Crippen molar-refractivity contribution >= 4 is 0 Å². The molecule has 3 aliphatic rings. The van der Waals surface area contributed by atoms with Gasteiger partial charge in [-0.3, -0.25) is 0 Å². The Hall–Kier alpha value is -1.38. The predicted octanol–water partition coefficient (Wildman–Crippen LogP) is 6.08. The highest BCUT2D eigenvalue weighted by Gasteiger charge is 2.43. The molecule has 0 amide bonds. The number of benzene rings is 1. The summed E-state index contributed by atoms with van der Waals surface area (Å²) in [5.74, 6) is 1.62. The third kappa shape index (κ3) is 5.86. The van der Waals surface area contributed by atoms with Crippen LogP contribution in [-0.2, 0) is 6.42 Å². The maximum absolute atomic E-state index is 10.6. The molecule has 4 atom stereocenters. The lowest BCUT2D eigenvalue weighted by atomic mass is 9.88. The number of aliphatic hydroxyl groups excluding tert-OH is 1. The van der Waals surface area contributed by atoms with Crippen molar-refractivity contribution in [1.82, 2.24) is 4.90 Å². The molecule has 1 aliphatic heterocycles. The average Bonchev–Trinajstić information content (AvgIpc) is 3.43. The van der Waals surface area contributed by atoms with Crippen LogP contribution in [0.3, 0.4) is 0 Å². The Morgan fingerprint density at radius 3 is 2.80 bits per heavy atom. The molecule has 1 heterocycles. The minimum absolute atomic E-state index is 0.145. The van der Waals surface area contributed by atoms with Gasteiger partial charge < -0.3 is 10.0 Å².